The van der Waals surface area contributed by atoms with Gasteiger partial charge in [-0.25, -0.2) is 4.39 Å². The van der Waals surface area contributed by atoms with E-state index in [-0.39, 0.29) is 5.02 Å². The molecule has 0 atom stereocenters. The predicted octanol–water partition coefficient (Wildman–Crippen LogP) is 3.01. The third-order valence-corrected chi connectivity index (χ3v) is 3.44. The summed E-state index contributed by atoms with van der Waals surface area (Å²) in [5, 5.41) is 10.9. The van der Waals surface area contributed by atoms with E-state index in [0.29, 0.717) is 11.6 Å². The van der Waals surface area contributed by atoms with Gasteiger partial charge in [0.2, 0.25) is 5.95 Å². The summed E-state index contributed by atoms with van der Waals surface area (Å²) >= 11 is 5.74. The summed E-state index contributed by atoms with van der Waals surface area (Å²) < 4.78 is 13.1. The number of anilines is 3. The highest BCUT2D eigenvalue weighted by Gasteiger charge is 2.14. The first kappa shape index (κ1) is 13.1. The third kappa shape index (κ3) is 2.80. The molecule has 1 aromatic heterocycles. The van der Waals surface area contributed by atoms with E-state index in [1.807, 2.05) is 0 Å². The molecule has 104 valence electrons. The van der Waals surface area contributed by atoms with Crippen molar-refractivity contribution < 1.29 is 4.39 Å². The molecule has 1 saturated heterocycles. The van der Waals surface area contributed by atoms with Crippen molar-refractivity contribution in [1.29, 1.82) is 0 Å². The Labute approximate surface area is 120 Å². The van der Waals surface area contributed by atoms with Gasteiger partial charge in [0.1, 0.15) is 5.82 Å². The van der Waals surface area contributed by atoms with Gasteiger partial charge in [-0.05, 0) is 31.0 Å². The Bertz CT molecular complexity index is 615. The zero-order valence-corrected chi connectivity index (χ0v) is 11.4. The molecule has 0 bridgehead atoms. The van der Waals surface area contributed by atoms with E-state index >= 15 is 0 Å². The summed E-state index contributed by atoms with van der Waals surface area (Å²) in [6.45, 7) is 1.97. The van der Waals surface area contributed by atoms with Crippen molar-refractivity contribution in [1.82, 2.24) is 15.2 Å². The van der Waals surface area contributed by atoms with Crippen LogP contribution in [0.3, 0.4) is 0 Å². The van der Waals surface area contributed by atoms with Crippen LogP contribution in [0.2, 0.25) is 5.02 Å². The molecule has 20 heavy (non-hydrogen) atoms. The number of aromatic nitrogens is 3. The van der Waals surface area contributed by atoms with Crippen LogP contribution < -0.4 is 10.2 Å². The van der Waals surface area contributed by atoms with Crippen LogP contribution >= 0.6 is 11.6 Å². The van der Waals surface area contributed by atoms with E-state index < -0.39 is 5.82 Å². The van der Waals surface area contributed by atoms with Crippen LogP contribution in [0.1, 0.15) is 12.8 Å². The van der Waals surface area contributed by atoms with E-state index in [1.54, 1.807) is 12.3 Å². The molecule has 0 spiro atoms. The Morgan fingerprint density at radius 1 is 1.25 bits per heavy atom. The molecule has 1 aliphatic heterocycles. The van der Waals surface area contributed by atoms with Gasteiger partial charge in [-0.3, -0.25) is 0 Å². The summed E-state index contributed by atoms with van der Waals surface area (Å²) in [7, 11) is 0. The third-order valence-electron chi connectivity index (χ3n) is 3.15. The quantitative estimate of drug-likeness (QED) is 0.943. The van der Waals surface area contributed by atoms with E-state index in [9.17, 15) is 4.39 Å². The summed E-state index contributed by atoms with van der Waals surface area (Å²) in [6.07, 6.45) is 3.98. The Morgan fingerprint density at radius 3 is 2.80 bits per heavy atom. The van der Waals surface area contributed by atoms with Gasteiger partial charge in [0.15, 0.2) is 5.82 Å². The smallest absolute Gasteiger partial charge is 0.249 e. The van der Waals surface area contributed by atoms with Gasteiger partial charge < -0.3 is 10.2 Å². The van der Waals surface area contributed by atoms with Gasteiger partial charge in [0, 0.05) is 18.8 Å². The van der Waals surface area contributed by atoms with Crippen molar-refractivity contribution in [2.24, 2.45) is 0 Å². The zero-order chi connectivity index (χ0) is 13.9. The fourth-order valence-corrected chi connectivity index (χ4v) is 2.33. The molecule has 1 N–H and O–H groups in total. The van der Waals surface area contributed by atoms with Crippen molar-refractivity contribution in [3.05, 3.63) is 35.2 Å². The van der Waals surface area contributed by atoms with Crippen molar-refractivity contribution in [3.8, 4) is 0 Å². The number of hydrogen-bond donors (Lipinski definition) is 1. The minimum Gasteiger partial charge on any atom is -0.355 e. The highest BCUT2D eigenvalue weighted by molar-refractivity contribution is 6.31. The molecular formula is C13H13ClFN5. The fraction of sp³-hybridized carbons (Fsp3) is 0.308. The number of nitrogens with one attached hydrogen (secondary N) is 1. The maximum absolute atomic E-state index is 13.1. The summed E-state index contributed by atoms with van der Waals surface area (Å²) in [4.78, 5) is 6.57. The minimum absolute atomic E-state index is 0.0543. The van der Waals surface area contributed by atoms with Gasteiger partial charge >= 0.3 is 0 Å². The van der Waals surface area contributed by atoms with Crippen LogP contribution in [-0.2, 0) is 0 Å². The monoisotopic (exact) mass is 293 g/mol. The Kier molecular flexibility index (Phi) is 3.64. The molecule has 1 fully saturated rings. The highest BCUT2D eigenvalue weighted by Crippen LogP contribution is 2.22. The van der Waals surface area contributed by atoms with E-state index in [4.69, 9.17) is 11.6 Å². The topological polar surface area (TPSA) is 53.9 Å². The molecule has 7 heteroatoms. The van der Waals surface area contributed by atoms with Crippen molar-refractivity contribution in [2.45, 2.75) is 12.8 Å². The fourth-order valence-electron chi connectivity index (χ4n) is 2.15. The Balaban J connectivity index is 1.79. The average Bonchev–Trinajstić information content (AvgIpc) is 2.97. The second-order valence-electron chi connectivity index (χ2n) is 4.59. The molecule has 0 aliphatic carbocycles. The zero-order valence-electron chi connectivity index (χ0n) is 10.7. The lowest BCUT2D eigenvalue weighted by Crippen LogP contribution is -2.19. The number of hydrogen-bond acceptors (Lipinski definition) is 5. The SMILES string of the molecule is Fc1ccc(Nc2nncc(N3CCCC3)n2)cc1Cl. The molecule has 3 rings (SSSR count). The molecular weight excluding hydrogens is 281 g/mol. The molecule has 2 aromatic rings. The van der Waals surface area contributed by atoms with Crippen LogP contribution in [-0.4, -0.2) is 28.3 Å². The lowest BCUT2D eigenvalue weighted by atomic mass is 10.3. The van der Waals surface area contributed by atoms with Crippen molar-refractivity contribution in [2.75, 3.05) is 23.3 Å². The van der Waals surface area contributed by atoms with Crippen molar-refractivity contribution in [3.63, 3.8) is 0 Å². The van der Waals surface area contributed by atoms with E-state index in [0.717, 1.165) is 18.9 Å². The van der Waals surface area contributed by atoms with Gasteiger partial charge in [-0.1, -0.05) is 11.6 Å². The Hall–Kier alpha value is -1.95. The molecule has 0 unspecified atom stereocenters. The molecule has 1 aromatic carbocycles. The van der Waals surface area contributed by atoms with E-state index in [2.05, 4.69) is 25.4 Å². The number of benzene rings is 1. The van der Waals surface area contributed by atoms with Crippen LogP contribution in [0.25, 0.3) is 0 Å². The predicted molar refractivity (Wildman–Crippen MR) is 76.0 cm³/mol. The largest absolute Gasteiger partial charge is 0.355 e. The molecule has 0 amide bonds. The summed E-state index contributed by atoms with van der Waals surface area (Å²) in [5.41, 5.74) is 0.622. The number of rotatable bonds is 3. The van der Waals surface area contributed by atoms with Crippen molar-refractivity contribution >= 4 is 29.1 Å². The van der Waals surface area contributed by atoms with Crippen LogP contribution in [0, 0.1) is 5.82 Å². The maximum Gasteiger partial charge on any atom is 0.249 e. The standard InChI is InChI=1S/C13H13ClFN5/c14-10-7-9(3-4-11(10)15)17-13-18-12(8-16-19-13)20-5-1-2-6-20/h3-4,7-8H,1-2,5-6H2,(H,17,18,19). The first-order valence-corrected chi connectivity index (χ1v) is 6.77. The molecule has 5 nitrogen and oxygen atoms in total. The van der Waals surface area contributed by atoms with Crippen LogP contribution in [0.4, 0.5) is 21.8 Å². The molecule has 0 radical (unpaired) electrons. The number of nitrogens with zero attached hydrogens (tertiary/aromatic N) is 4. The second kappa shape index (κ2) is 5.58. The normalized spacial score (nSPS) is 14.6. The van der Waals surface area contributed by atoms with E-state index in [1.165, 1.54) is 25.0 Å². The molecule has 2 heterocycles. The molecule has 1 aliphatic rings. The lowest BCUT2D eigenvalue weighted by Gasteiger charge is -2.15. The van der Waals surface area contributed by atoms with Crippen LogP contribution in [0.5, 0.6) is 0 Å². The second-order valence-corrected chi connectivity index (χ2v) is 4.99. The first-order valence-electron chi connectivity index (χ1n) is 6.39. The van der Waals surface area contributed by atoms with Gasteiger partial charge in [0.25, 0.3) is 0 Å². The van der Waals surface area contributed by atoms with Gasteiger partial charge in [0.05, 0.1) is 11.2 Å². The van der Waals surface area contributed by atoms with Crippen LogP contribution in [0.15, 0.2) is 24.4 Å². The minimum atomic E-state index is -0.456. The highest BCUT2D eigenvalue weighted by atomic mass is 35.5. The summed E-state index contributed by atoms with van der Waals surface area (Å²) in [5.74, 6) is 0.715. The van der Waals surface area contributed by atoms with Gasteiger partial charge in [-0.2, -0.15) is 10.1 Å². The molecule has 0 saturated carbocycles. The Morgan fingerprint density at radius 2 is 2.05 bits per heavy atom. The van der Waals surface area contributed by atoms with Gasteiger partial charge in [-0.15, -0.1) is 5.10 Å². The summed E-state index contributed by atoms with van der Waals surface area (Å²) in [6, 6.07) is 4.36. The maximum atomic E-state index is 13.1. The first-order chi connectivity index (χ1) is 9.72. The lowest BCUT2D eigenvalue weighted by molar-refractivity contribution is 0.628. The average molecular weight is 294 g/mol. The number of halogens is 2.